The van der Waals surface area contributed by atoms with Crippen LogP contribution in [0.5, 0.6) is 5.75 Å². The Morgan fingerprint density at radius 1 is 1.27 bits per heavy atom. The lowest BCUT2D eigenvalue weighted by atomic mass is 10.1. The number of nitriles is 1. The van der Waals surface area contributed by atoms with Gasteiger partial charge in [-0.25, -0.2) is 9.97 Å². The van der Waals surface area contributed by atoms with Crippen LogP contribution in [0, 0.1) is 32.1 Å². The first-order chi connectivity index (χ1) is 14.4. The largest absolute Gasteiger partial charge is 0.494 e. The van der Waals surface area contributed by atoms with E-state index in [2.05, 4.69) is 21.4 Å². The van der Waals surface area contributed by atoms with Gasteiger partial charge in [-0.15, -0.1) is 0 Å². The van der Waals surface area contributed by atoms with Gasteiger partial charge in [0.2, 0.25) is 5.91 Å². The number of anilines is 1. The van der Waals surface area contributed by atoms with Crippen molar-refractivity contribution in [2.24, 2.45) is 0 Å². The summed E-state index contributed by atoms with van der Waals surface area (Å²) in [7, 11) is 0. The Kier molecular flexibility index (Phi) is 6.95. The average Bonchev–Trinajstić information content (AvgIpc) is 3.12. The summed E-state index contributed by atoms with van der Waals surface area (Å²) >= 11 is 2.75. The monoisotopic (exact) mass is 440 g/mol. The van der Waals surface area contributed by atoms with Crippen molar-refractivity contribution in [3.63, 3.8) is 0 Å². The third-order valence-corrected chi connectivity index (χ3v) is 7.18. The number of rotatable bonds is 7. The van der Waals surface area contributed by atoms with Gasteiger partial charge in [0.1, 0.15) is 16.8 Å². The Bertz CT molecular complexity index is 1130. The number of hydrogen-bond acceptors (Lipinski definition) is 7. The number of benzene rings is 1. The maximum Gasteiger partial charge on any atom is 0.239 e. The molecule has 3 aromatic rings. The second-order valence-electron chi connectivity index (χ2n) is 6.82. The second-order valence-corrected chi connectivity index (χ2v) is 9.05. The number of carbonyl (C=O) groups excluding carboxylic acids is 1. The third kappa shape index (κ3) is 4.58. The highest BCUT2D eigenvalue weighted by Gasteiger charge is 2.23. The Morgan fingerprint density at radius 2 is 2.03 bits per heavy atom. The first-order valence-corrected chi connectivity index (χ1v) is 11.5. The first kappa shape index (κ1) is 22.1. The molecule has 0 aliphatic carbocycles. The van der Waals surface area contributed by atoms with Crippen molar-refractivity contribution in [2.45, 2.75) is 51.3 Å². The maximum atomic E-state index is 12.9. The van der Waals surface area contributed by atoms with E-state index >= 15 is 0 Å². The third-order valence-electron chi connectivity index (χ3n) is 4.89. The van der Waals surface area contributed by atoms with E-state index in [9.17, 15) is 10.1 Å². The van der Waals surface area contributed by atoms with Crippen molar-refractivity contribution in [3.05, 3.63) is 40.6 Å². The molecule has 0 aliphatic rings. The molecule has 0 spiro atoms. The van der Waals surface area contributed by atoms with E-state index in [0.717, 1.165) is 32.8 Å². The smallest absolute Gasteiger partial charge is 0.239 e. The number of fused-ring (bicyclic) bond motifs is 1. The zero-order chi connectivity index (χ0) is 21.8. The molecule has 0 saturated carbocycles. The number of nitrogens with zero attached hydrogens (tertiary/aromatic N) is 3. The SMILES string of the molecule is CCOc1ccc2nc(NC(=O)C(CC)Sc3nc(C)c(C)c(C)c3C#N)sc2c1. The molecule has 3 rings (SSSR count). The number of aromatic nitrogens is 2. The molecule has 1 N–H and O–H groups in total. The van der Waals surface area contributed by atoms with E-state index in [1.807, 2.05) is 52.8 Å². The Labute approximate surface area is 184 Å². The lowest BCUT2D eigenvalue weighted by Crippen LogP contribution is -2.24. The molecule has 156 valence electrons. The number of ether oxygens (including phenoxy) is 1. The van der Waals surface area contributed by atoms with Gasteiger partial charge in [-0.2, -0.15) is 5.26 Å². The Hall–Kier alpha value is -2.63. The molecule has 1 aromatic carbocycles. The van der Waals surface area contributed by atoms with Crippen LogP contribution < -0.4 is 10.1 Å². The Balaban J connectivity index is 1.81. The average molecular weight is 441 g/mol. The van der Waals surface area contributed by atoms with E-state index in [-0.39, 0.29) is 11.2 Å². The summed E-state index contributed by atoms with van der Waals surface area (Å²) in [5.41, 5.74) is 4.16. The maximum absolute atomic E-state index is 12.9. The van der Waals surface area contributed by atoms with Gasteiger partial charge in [-0.05, 0) is 63.4 Å². The van der Waals surface area contributed by atoms with Gasteiger partial charge >= 0.3 is 0 Å². The number of amides is 1. The van der Waals surface area contributed by atoms with Crippen molar-refractivity contribution in [2.75, 3.05) is 11.9 Å². The normalized spacial score (nSPS) is 11.9. The van der Waals surface area contributed by atoms with E-state index < -0.39 is 0 Å². The van der Waals surface area contributed by atoms with Gasteiger partial charge in [-0.3, -0.25) is 4.79 Å². The van der Waals surface area contributed by atoms with Crippen molar-refractivity contribution < 1.29 is 9.53 Å². The Morgan fingerprint density at radius 3 is 2.70 bits per heavy atom. The van der Waals surface area contributed by atoms with Crippen LogP contribution in [0.1, 0.15) is 42.7 Å². The molecular weight excluding hydrogens is 416 g/mol. The van der Waals surface area contributed by atoms with E-state index in [1.54, 1.807) is 0 Å². The summed E-state index contributed by atoms with van der Waals surface area (Å²) in [5.74, 6) is 0.641. The molecule has 6 nitrogen and oxygen atoms in total. The minimum absolute atomic E-state index is 0.145. The molecule has 8 heteroatoms. The summed E-state index contributed by atoms with van der Waals surface area (Å²) in [5, 5.41) is 13.3. The highest BCUT2D eigenvalue weighted by atomic mass is 32.2. The molecular formula is C22H24N4O2S2. The zero-order valence-electron chi connectivity index (χ0n) is 17.7. The summed E-state index contributed by atoms with van der Waals surface area (Å²) < 4.78 is 6.48. The standard InChI is InChI=1S/C22H24N4O2S2/c1-6-18(29-21-16(11-23)13(4)12(3)14(5)24-21)20(27)26-22-25-17-9-8-15(28-7-2)10-19(17)30-22/h8-10,18H,6-7H2,1-5H3,(H,25,26,27). The lowest BCUT2D eigenvalue weighted by molar-refractivity contribution is -0.115. The number of thiazole rings is 1. The summed E-state index contributed by atoms with van der Waals surface area (Å²) in [6.45, 7) is 10.3. The number of thioether (sulfide) groups is 1. The highest BCUT2D eigenvalue weighted by molar-refractivity contribution is 8.00. The van der Waals surface area contributed by atoms with Crippen molar-refractivity contribution in [3.8, 4) is 11.8 Å². The summed E-state index contributed by atoms with van der Waals surface area (Å²) in [6.07, 6.45) is 0.606. The first-order valence-electron chi connectivity index (χ1n) is 9.76. The van der Waals surface area contributed by atoms with Crippen LogP contribution in [0.4, 0.5) is 5.13 Å². The highest BCUT2D eigenvalue weighted by Crippen LogP contribution is 2.33. The summed E-state index contributed by atoms with van der Waals surface area (Å²) in [4.78, 5) is 22.0. The van der Waals surface area contributed by atoms with E-state index in [1.165, 1.54) is 23.1 Å². The van der Waals surface area contributed by atoms with Crippen molar-refractivity contribution >= 4 is 44.4 Å². The second kappa shape index (κ2) is 9.45. The van der Waals surface area contributed by atoms with Crippen molar-refractivity contribution in [1.29, 1.82) is 5.26 Å². The van der Waals surface area contributed by atoms with Gasteiger partial charge in [0, 0.05) is 5.69 Å². The number of nitrogens with one attached hydrogen (secondary N) is 1. The van der Waals surface area contributed by atoms with Crippen LogP contribution in [-0.4, -0.2) is 27.7 Å². The lowest BCUT2D eigenvalue weighted by Gasteiger charge is -2.16. The zero-order valence-corrected chi connectivity index (χ0v) is 19.3. The predicted octanol–water partition coefficient (Wildman–Crippen LogP) is 5.40. The van der Waals surface area contributed by atoms with Crippen molar-refractivity contribution in [1.82, 2.24) is 9.97 Å². The molecule has 0 fully saturated rings. The van der Waals surface area contributed by atoms with Crippen LogP contribution in [0.2, 0.25) is 0 Å². The summed E-state index contributed by atoms with van der Waals surface area (Å²) in [6, 6.07) is 7.94. The van der Waals surface area contributed by atoms with Gasteiger partial charge in [0.25, 0.3) is 0 Å². The topological polar surface area (TPSA) is 87.9 Å². The molecule has 30 heavy (non-hydrogen) atoms. The number of carbonyl (C=O) groups is 1. The fourth-order valence-corrected chi connectivity index (χ4v) is 4.99. The van der Waals surface area contributed by atoms with Crippen LogP contribution in [0.15, 0.2) is 23.2 Å². The molecule has 0 bridgehead atoms. The fourth-order valence-electron chi connectivity index (χ4n) is 2.99. The number of aryl methyl sites for hydroxylation is 1. The van der Waals surface area contributed by atoms with Gasteiger partial charge < -0.3 is 10.1 Å². The van der Waals surface area contributed by atoms with Crippen LogP contribution >= 0.6 is 23.1 Å². The van der Waals surface area contributed by atoms with E-state index in [0.29, 0.717) is 28.7 Å². The molecule has 1 atom stereocenters. The quantitative estimate of drug-likeness (QED) is 0.495. The van der Waals surface area contributed by atoms with Gasteiger partial charge in [0.15, 0.2) is 5.13 Å². The molecule has 1 amide bonds. The fraction of sp³-hybridized carbons (Fsp3) is 0.364. The molecule has 2 heterocycles. The van der Waals surface area contributed by atoms with Crippen LogP contribution in [0.25, 0.3) is 10.2 Å². The molecule has 0 radical (unpaired) electrons. The molecule has 1 unspecified atom stereocenters. The number of hydrogen-bond donors (Lipinski definition) is 1. The predicted molar refractivity (Wildman–Crippen MR) is 123 cm³/mol. The minimum atomic E-state index is -0.378. The number of pyridine rings is 1. The minimum Gasteiger partial charge on any atom is -0.494 e. The molecule has 0 saturated heterocycles. The molecule has 2 aromatic heterocycles. The van der Waals surface area contributed by atoms with Crippen LogP contribution in [-0.2, 0) is 4.79 Å². The van der Waals surface area contributed by atoms with Gasteiger partial charge in [0.05, 0.1) is 27.6 Å². The van der Waals surface area contributed by atoms with Crippen LogP contribution in [0.3, 0.4) is 0 Å². The molecule has 0 aliphatic heterocycles. The van der Waals surface area contributed by atoms with E-state index in [4.69, 9.17) is 4.74 Å². The van der Waals surface area contributed by atoms with Gasteiger partial charge in [-0.1, -0.05) is 30.0 Å².